The number of ether oxygens (including phenoxy) is 1. The Hall–Kier alpha value is -1.04. The van der Waals surface area contributed by atoms with Gasteiger partial charge in [0.05, 0.1) is 25.4 Å². The zero-order valence-electron chi connectivity index (χ0n) is 12.6. The number of benzene rings is 1. The highest BCUT2D eigenvalue weighted by molar-refractivity contribution is 7.99. The third-order valence-electron chi connectivity index (χ3n) is 3.64. The van der Waals surface area contributed by atoms with Crippen LogP contribution >= 0.6 is 11.8 Å². The van der Waals surface area contributed by atoms with Gasteiger partial charge < -0.3 is 14.7 Å². The average Bonchev–Trinajstić information content (AvgIpc) is 2.49. The van der Waals surface area contributed by atoms with Crippen LogP contribution < -0.4 is 0 Å². The quantitative estimate of drug-likeness (QED) is 0.846. The number of hydrogen-bond acceptors (Lipinski definition) is 4. The van der Waals surface area contributed by atoms with Crippen LogP contribution in [0.15, 0.2) is 29.2 Å². The highest BCUT2D eigenvalue weighted by Gasteiger charge is 2.28. The average molecular weight is 309 g/mol. The van der Waals surface area contributed by atoms with Gasteiger partial charge in [0, 0.05) is 23.6 Å². The predicted octanol–water partition coefficient (Wildman–Crippen LogP) is 2.09. The Bertz CT molecular complexity index is 463. The second-order valence-corrected chi connectivity index (χ2v) is 6.61. The maximum Gasteiger partial charge on any atom is 0.223 e. The van der Waals surface area contributed by atoms with Crippen molar-refractivity contribution in [3.63, 3.8) is 0 Å². The van der Waals surface area contributed by atoms with Gasteiger partial charge in [-0.25, -0.2) is 0 Å². The number of hydrogen-bond donors (Lipinski definition) is 1. The van der Waals surface area contributed by atoms with Crippen molar-refractivity contribution >= 4 is 17.7 Å². The first-order valence-electron chi connectivity index (χ1n) is 7.31. The van der Waals surface area contributed by atoms with E-state index >= 15 is 0 Å². The molecule has 1 N–H and O–H groups in total. The molecule has 1 aliphatic heterocycles. The van der Waals surface area contributed by atoms with Crippen molar-refractivity contribution in [1.82, 2.24) is 4.90 Å². The largest absolute Gasteiger partial charge is 0.394 e. The van der Waals surface area contributed by atoms with Crippen molar-refractivity contribution in [3.05, 3.63) is 29.8 Å². The van der Waals surface area contributed by atoms with E-state index in [1.807, 2.05) is 11.8 Å². The van der Waals surface area contributed by atoms with Gasteiger partial charge in [-0.3, -0.25) is 4.79 Å². The van der Waals surface area contributed by atoms with Gasteiger partial charge in [0.2, 0.25) is 5.91 Å². The minimum Gasteiger partial charge on any atom is -0.394 e. The molecule has 0 saturated carbocycles. The van der Waals surface area contributed by atoms with Crippen molar-refractivity contribution in [2.45, 2.75) is 37.3 Å². The lowest BCUT2D eigenvalue weighted by Gasteiger charge is -2.37. The molecular weight excluding hydrogens is 286 g/mol. The molecule has 4 nitrogen and oxygen atoms in total. The molecule has 1 fully saturated rings. The highest BCUT2D eigenvalue weighted by Crippen LogP contribution is 2.20. The van der Waals surface area contributed by atoms with Crippen molar-refractivity contribution in [2.75, 3.05) is 25.5 Å². The normalized spacial score (nSPS) is 22.3. The number of morpholine rings is 1. The Balaban J connectivity index is 1.79. The van der Waals surface area contributed by atoms with E-state index in [1.165, 1.54) is 10.5 Å². The lowest BCUT2D eigenvalue weighted by Crippen LogP contribution is -2.52. The number of carbonyl (C=O) groups is 1. The summed E-state index contributed by atoms with van der Waals surface area (Å²) in [6.45, 7) is 5.01. The third-order valence-corrected chi connectivity index (χ3v) is 4.65. The van der Waals surface area contributed by atoms with Gasteiger partial charge in [-0.15, -0.1) is 11.8 Å². The van der Waals surface area contributed by atoms with Crippen molar-refractivity contribution in [1.29, 1.82) is 0 Å². The van der Waals surface area contributed by atoms with E-state index in [2.05, 4.69) is 31.2 Å². The van der Waals surface area contributed by atoms with Gasteiger partial charge >= 0.3 is 0 Å². The molecule has 2 unspecified atom stereocenters. The van der Waals surface area contributed by atoms with Gasteiger partial charge in [-0.05, 0) is 26.0 Å². The molecule has 0 aromatic heterocycles. The van der Waals surface area contributed by atoms with Crippen molar-refractivity contribution in [3.8, 4) is 0 Å². The molecule has 0 spiro atoms. The minimum atomic E-state index is -0.241. The van der Waals surface area contributed by atoms with E-state index < -0.39 is 0 Å². The smallest absolute Gasteiger partial charge is 0.223 e. The van der Waals surface area contributed by atoms with Crippen LogP contribution in [0.2, 0.25) is 0 Å². The van der Waals surface area contributed by atoms with E-state index in [1.54, 1.807) is 11.8 Å². The first-order valence-corrected chi connectivity index (χ1v) is 8.30. The standard InChI is InChI=1S/C16H23NO3S/c1-12-3-5-15(6-4-12)21-8-7-16(19)17-9-14(10-18)20-11-13(17)2/h3-6,13-14,18H,7-11H2,1-2H3. The van der Waals surface area contributed by atoms with Gasteiger partial charge in [0.1, 0.15) is 0 Å². The van der Waals surface area contributed by atoms with E-state index in [0.29, 0.717) is 19.6 Å². The summed E-state index contributed by atoms with van der Waals surface area (Å²) in [6.07, 6.45) is 0.274. The summed E-state index contributed by atoms with van der Waals surface area (Å²) in [5.41, 5.74) is 1.24. The van der Waals surface area contributed by atoms with Crippen molar-refractivity contribution in [2.24, 2.45) is 0 Å². The number of thioether (sulfide) groups is 1. The Kier molecular flexibility index (Phi) is 6.08. The molecule has 1 aromatic rings. The Morgan fingerprint density at radius 2 is 2.14 bits per heavy atom. The summed E-state index contributed by atoms with van der Waals surface area (Å²) in [5, 5.41) is 9.16. The first-order chi connectivity index (χ1) is 10.1. The lowest BCUT2D eigenvalue weighted by molar-refractivity contribution is -0.145. The fourth-order valence-corrected chi connectivity index (χ4v) is 3.15. The van der Waals surface area contributed by atoms with Gasteiger partial charge in [0.25, 0.3) is 0 Å². The molecule has 5 heteroatoms. The van der Waals surface area contributed by atoms with Crippen LogP contribution in [0.5, 0.6) is 0 Å². The number of carbonyl (C=O) groups excluding carboxylic acids is 1. The number of aliphatic hydroxyl groups is 1. The van der Waals surface area contributed by atoms with Crippen LogP contribution in [-0.2, 0) is 9.53 Å². The number of rotatable bonds is 5. The highest BCUT2D eigenvalue weighted by atomic mass is 32.2. The summed E-state index contributed by atoms with van der Waals surface area (Å²) < 4.78 is 5.46. The van der Waals surface area contributed by atoms with Crippen molar-refractivity contribution < 1.29 is 14.6 Å². The molecule has 1 heterocycles. The van der Waals surface area contributed by atoms with Gasteiger partial charge in [-0.2, -0.15) is 0 Å². The maximum atomic E-state index is 12.3. The lowest BCUT2D eigenvalue weighted by atomic mass is 10.2. The second-order valence-electron chi connectivity index (χ2n) is 5.44. The summed E-state index contributed by atoms with van der Waals surface area (Å²) in [5.74, 6) is 0.916. The predicted molar refractivity (Wildman–Crippen MR) is 84.5 cm³/mol. The fourth-order valence-electron chi connectivity index (χ4n) is 2.31. The van der Waals surface area contributed by atoms with Crippen LogP contribution in [0.25, 0.3) is 0 Å². The van der Waals surface area contributed by atoms with Crippen LogP contribution in [-0.4, -0.2) is 53.6 Å². The molecule has 2 atom stereocenters. The fraction of sp³-hybridized carbons (Fsp3) is 0.562. The van der Waals surface area contributed by atoms with Crippen LogP contribution in [0.3, 0.4) is 0 Å². The number of aliphatic hydroxyl groups excluding tert-OH is 1. The van der Waals surface area contributed by atoms with E-state index in [4.69, 9.17) is 9.84 Å². The monoisotopic (exact) mass is 309 g/mol. The molecule has 1 saturated heterocycles. The topological polar surface area (TPSA) is 49.8 Å². The van der Waals surface area contributed by atoms with E-state index in [0.717, 1.165) is 5.75 Å². The van der Waals surface area contributed by atoms with E-state index in [-0.39, 0.29) is 24.7 Å². The van der Waals surface area contributed by atoms with Gasteiger partial charge in [0.15, 0.2) is 0 Å². The molecule has 0 aliphatic carbocycles. The third kappa shape index (κ3) is 4.73. The molecule has 0 bridgehead atoms. The summed E-state index contributed by atoms with van der Waals surface area (Å²) in [7, 11) is 0. The Morgan fingerprint density at radius 3 is 2.81 bits per heavy atom. The molecule has 0 radical (unpaired) electrons. The molecule has 1 aromatic carbocycles. The molecule has 2 rings (SSSR count). The zero-order chi connectivity index (χ0) is 15.2. The molecule has 116 valence electrons. The number of nitrogens with zero attached hydrogens (tertiary/aromatic N) is 1. The van der Waals surface area contributed by atoms with Crippen LogP contribution in [0.4, 0.5) is 0 Å². The first kappa shape index (κ1) is 16.3. The second kappa shape index (κ2) is 7.82. The summed E-state index contributed by atoms with van der Waals surface area (Å²) in [6, 6.07) is 8.43. The molecular formula is C16H23NO3S. The van der Waals surface area contributed by atoms with Crippen LogP contribution in [0.1, 0.15) is 18.9 Å². The SMILES string of the molecule is Cc1ccc(SCCC(=O)N2CC(CO)OCC2C)cc1. The number of aryl methyl sites for hydroxylation is 1. The van der Waals surface area contributed by atoms with E-state index in [9.17, 15) is 4.79 Å². The van der Waals surface area contributed by atoms with Gasteiger partial charge in [-0.1, -0.05) is 17.7 Å². The minimum absolute atomic E-state index is 0.0331. The Labute approximate surface area is 130 Å². The van der Waals surface area contributed by atoms with Crippen LogP contribution in [0, 0.1) is 6.92 Å². The molecule has 1 amide bonds. The summed E-state index contributed by atoms with van der Waals surface area (Å²) >= 11 is 1.70. The number of amides is 1. The maximum absolute atomic E-state index is 12.3. The molecule has 21 heavy (non-hydrogen) atoms. The molecule has 1 aliphatic rings. The Morgan fingerprint density at radius 1 is 1.43 bits per heavy atom. The zero-order valence-corrected chi connectivity index (χ0v) is 13.4. The summed E-state index contributed by atoms with van der Waals surface area (Å²) in [4.78, 5) is 15.3.